The van der Waals surface area contributed by atoms with Crippen molar-refractivity contribution in [1.82, 2.24) is 4.98 Å². The topological polar surface area (TPSA) is 92.4 Å². The number of halogens is 1. The van der Waals surface area contributed by atoms with E-state index in [4.69, 9.17) is 9.47 Å². The Morgan fingerprint density at radius 1 is 1.00 bits per heavy atom. The van der Waals surface area contributed by atoms with E-state index in [1.807, 2.05) is 6.07 Å². The third-order valence-corrected chi connectivity index (χ3v) is 4.73. The van der Waals surface area contributed by atoms with E-state index in [0.29, 0.717) is 33.7 Å². The Bertz CT molecular complexity index is 1320. The van der Waals surface area contributed by atoms with Crippen LogP contribution in [0.15, 0.2) is 66.7 Å². The van der Waals surface area contributed by atoms with Crippen LogP contribution in [0, 0.1) is 5.82 Å². The summed E-state index contributed by atoms with van der Waals surface area (Å²) in [6.07, 6.45) is 0. The minimum atomic E-state index is -0.507. The van der Waals surface area contributed by atoms with E-state index in [9.17, 15) is 14.0 Å². The molecule has 0 aliphatic heterocycles. The van der Waals surface area contributed by atoms with Gasteiger partial charge in [0.1, 0.15) is 11.4 Å². The van der Waals surface area contributed by atoms with Gasteiger partial charge in [-0.15, -0.1) is 0 Å². The lowest BCUT2D eigenvalue weighted by Gasteiger charge is -2.13. The Hall–Kier alpha value is -4.33. The molecular formula is C25H22FN3O4. The number of nitrogens with one attached hydrogen (secondary N) is 3. The molecule has 33 heavy (non-hydrogen) atoms. The molecule has 8 heteroatoms. The van der Waals surface area contributed by atoms with Crippen LogP contribution in [-0.2, 0) is 9.53 Å². The smallest absolute Gasteiger partial charge is 0.354 e. The van der Waals surface area contributed by atoms with Crippen molar-refractivity contribution in [2.75, 3.05) is 17.2 Å². The molecule has 4 rings (SSSR count). The normalized spacial score (nSPS) is 10.6. The second-order valence-corrected chi connectivity index (χ2v) is 7.26. The molecule has 0 fully saturated rings. The molecule has 0 atom stereocenters. The van der Waals surface area contributed by atoms with Crippen molar-refractivity contribution < 1.29 is 23.5 Å². The Balaban J connectivity index is 1.71. The van der Waals surface area contributed by atoms with Gasteiger partial charge in [-0.1, -0.05) is 18.2 Å². The van der Waals surface area contributed by atoms with E-state index in [1.54, 1.807) is 55.5 Å². The average Bonchev–Trinajstić information content (AvgIpc) is 3.21. The van der Waals surface area contributed by atoms with Crippen molar-refractivity contribution in [3.63, 3.8) is 0 Å². The first-order chi connectivity index (χ1) is 15.9. The summed E-state index contributed by atoms with van der Waals surface area (Å²) in [7, 11) is 0. The lowest BCUT2D eigenvalue weighted by Crippen LogP contribution is -2.06. The quantitative estimate of drug-likeness (QED) is 0.303. The van der Waals surface area contributed by atoms with Crippen LogP contribution in [0.25, 0.3) is 10.9 Å². The van der Waals surface area contributed by atoms with Crippen LogP contribution >= 0.6 is 0 Å². The SMILES string of the molecule is CCOC(=O)c1cc2c(Nc3ccc(F)c(Oc4ccccc4)c3)cc(NC(C)=O)cc2[nH]1. The highest BCUT2D eigenvalue weighted by molar-refractivity contribution is 6.03. The number of benzene rings is 3. The molecule has 0 bridgehead atoms. The number of carbonyl (C=O) groups excluding carboxylic acids is 2. The van der Waals surface area contributed by atoms with Crippen molar-refractivity contribution >= 4 is 39.8 Å². The Morgan fingerprint density at radius 3 is 2.52 bits per heavy atom. The number of H-pyrrole nitrogens is 1. The van der Waals surface area contributed by atoms with Crippen LogP contribution in [0.1, 0.15) is 24.3 Å². The van der Waals surface area contributed by atoms with Gasteiger partial charge in [0, 0.05) is 29.8 Å². The highest BCUT2D eigenvalue weighted by Gasteiger charge is 2.15. The third-order valence-electron chi connectivity index (χ3n) is 4.73. The molecule has 1 aromatic heterocycles. The monoisotopic (exact) mass is 447 g/mol. The maximum Gasteiger partial charge on any atom is 0.354 e. The van der Waals surface area contributed by atoms with Gasteiger partial charge in [0.15, 0.2) is 11.6 Å². The zero-order chi connectivity index (χ0) is 23.4. The zero-order valence-electron chi connectivity index (χ0n) is 18.1. The number of hydrogen-bond acceptors (Lipinski definition) is 5. The number of esters is 1. The van der Waals surface area contributed by atoms with Crippen molar-refractivity contribution in [3.8, 4) is 11.5 Å². The molecule has 0 radical (unpaired) electrons. The van der Waals surface area contributed by atoms with Gasteiger partial charge < -0.3 is 25.1 Å². The molecule has 168 valence electrons. The predicted octanol–water partition coefficient (Wildman–Crippen LogP) is 5.98. The lowest BCUT2D eigenvalue weighted by atomic mass is 10.1. The van der Waals surface area contributed by atoms with Crippen LogP contribution in [-0.4, -0.2) is 23.5 Å². The van der Waals surface area contributed by atoms with Crippen molar-refractivity contribution in [1.29, 1.82) is 0 Å². The fourth-order valence-corrected chi connectivity index (χ4v) is 3.37. The minimum Gasteiger partial charge on any atom is -0.461 e. The van der Waals surface area contributed by atoms with Crippen LogP contribution in [0.3, 0.4) is 0 Å². The highest BCUT2D eigenvalue weighted by Crippen LogP contribution is 2.34. The molecule has 0 unspecified atom stereocenters. The maximum absolute atomic E-state index is 14.4. The number of aromatic amines is 1. The molecule has 0 aliphatic carbocycles. The maximum atomic E-state index is 14.4. The van der Waals surface area contributed by atoms with Crippen LogP contribution < -0.4 is 15.4 Å². The second kappa shape index (κ2) is 9.44. The van der Waals surface area contributed by atoms with Gasteiger partial charge in [-0.05, 0) is 49.4 Å². The molecule has 3 N–H and O–H groups in total. The van der Waals surface area contributed by atoms with E-state index in [1.165, 1.54) is 19.1 Å². The minimum absolute atomic E-state index is 0.0572. The van der Waals surface area contributed by atoms with Gasteiger partial charge >= 0.3 is 5.97 Å². The summed E-state index contributed by atoms with van der Waals surface area (Å²) in [6.45, 7) is 3.38. The van der Waals surface area contributed by atoms with E-state index in [-0.39, 0.29) is 24.0 Å². The molecule has 0 saturated heterocycles. The van der Waals surface area contributed by atoms with E-state index in [0.717, 1.165) is 0 Å². The summed E-state index contributed by atoms with van der Waals surface area (Å²) in [5.41, 5.74) is 2.58. The molecule has 1 amide bonds. The number of carbonyl (C=O) groups is 2. The van der Waals surface area contributed by atoms with Gasteiger partial charge in [0.2, 0.25) is 5.91 Å². The number of rotatable bonds is 7. The average molecular weight is 447 g/mol. The number of ether oxygens (including phenoxy) is 2. The molecule has 1 heterocycles. The molecule has 0 spiro atoms. The number of para-hydroxylation sites is 1. The van der Waals surface area contributed by atoms with Crippen LogP contribution in [0.4, 0.5) is 21.5 Å². The summed E-state index contributed by atoms with van der Waals surface area (Å²) in [6, 6.07) is 18.4. The van der Waals surface area contributed by atoms with Gasteiger partial charge in [-0.3, -0.25) is 4.79 Å². The predicted molar refractivity (Wildman–Crippen MR) is 125 cm³/mol. The Kier molecular flexibility index (Phi) is 6.26. The summed E-state index contributed by atoms with van der Waals surface area (Å²) in [5.74, 6) is -0.665. The van der Waals surface area contributed by atoms with Crippen LogP contribution in [0.5, 0.6) is 11.5 Å². The van der Waals surface area contributed by atoms with E-state index >= 15 is 0 Å². The molecule has 0 saturated carbocycles. The van der Waals surface area contributed by atoms with Gasteiger partial charge in [0.25, 0.3) is 0 Å². The standard InChI is InChI=1S/C25H22FN3O4/c1-3-32-25(31)23-14-19-21(11-17(27-15(2)30)12-22(19)29-23)28-16-9-10-20(26)24(13-16)33-18-7-5-4-6-8-18/h4-14,28-29H,3H2,1-2H3,(H,27,30). The van der Waals surface area contributed by atoms with Crippen molar-refractivity contribution in [2.24, 2.45) is 0 Å². The Morgan fingerprint density at radius 2 is 1.79 bits per heavy atom. The number of amides is 1. The largest absolute Gasteiger partial charge is 0.461 e. The molecule has 4 aromatic rings. The molecule has 0 aliphatic rings. The number of anilines is 3. The fourth-order valence-electron chi connectivity index (χ4n) is 3.37. The van der Waals surface area contributed by atoms with Gasteiger partial charge in [-0.25, -0.2) is 9.18 Å². The van der Waals surface area contributed by atoms with Crippen LogP contribution in [0.2, 0.25) is 0 Å². The Labute approximate surface area is 189 Å². The van der Waals surface area contributed by atoms with E-state index < -0.39 is 11.8 Å². The van der Waals surface area contributed by atoms with Gasteiger partial charge in [-0.2, -0.15) is 0 Å². The summed E-state index contributed by atoms with van der Waals surface area (Å²) < 4.78 is 25.1. The molecular weight excluding hydrogens is 425 g/mol. The first-order valence-electron chi connectivity index (χ1n) is 10.3. The second-order valence-electron chi connectivity index (χ2n) is 7.26. The zero-order valence-corrected chi connectivity index (χ0v) is 18.1. The molecule has 7 nitrogen and oxygen atoms in total. The van der Waals surface area contributed by atoms with Crippen molar-refractivity contribution in [2.45, 2.75) is 13.8 Å². The number of fused-ring (bicyclic) bond motifs is 1. The number of hydrogen-bond donors (Lipinski definition) is 3. The summed E-state index contributed by atoms with van der Waals surface area (Å²) >= 11 is 0. The van der Waals surface area contributed by atoms with Crippen molar-refractivity contribution in [3.05, 3.63) is 78.2 Å². The van der Waals surface area contributed by atoms with Gasteiger partial charge in [0.05, 0.1) is 17.8 Å². The fraction of sp³-hybridized carbons (Fsp3) is 0.120. The molecule has 3 aromatic carbocycles. The lowest BCUT2D eigenvalue weighted by molar-refractivity contribution is -0.114. The first-order valence-corrected chi connectivity index (χ1v) is 10.3. The summed E-state index contributed by atoms with van der Waals surface area (Å²) in [4.78, 5) is 26.8. The third kappa shape index (κ3) is 5.12. The van der Waals surface area contributed by atoms with E-state index in [2.05, 4.69) is 15.6 Å². The first kappa shape index (κ1) is 21.9. The highest BCUT2D eigenvalue weighted by atomic mass is 19.1. The summed E-state index contributed by atoms with van der Waals surface area (Å²) in [5, 5.41) is 6.66. The number of aromatic nitrogens is 1.